The maximum Gasteiger partial charge on any atom is 0.118 e. The quantitative estimate of drug-likeness (QED) is 0.415. The molecule has 0 N–H and O–H groups in total. The molecule has 0 bridgehead atoms. The predicted molar refractivity (Wildman–Crippen MR) is 113 cm³/mol. The van der Waals surface area contributed by atoms with Gasteiger partial charge in [-0.3, -0.25) is 0 Å². The van der Waals surface area contributed by atoms with E-state index in [4.69, 9.17) is 17.0 Å². The molecule has 0 radical (unpaired) electrons. The average molecular weight is 355 g/mol. The van der Waals surface area contributed by atoms with E-state index in [1.807, 2.05) is 12.1 Å². The molecule has 0 aliphatic heterocycles. The predicted octanol–water partition coefficient (Wildman–Crippen LogP) is 6.83. The van der Waals surface area contributed by atoms with Gasteiger partial charge in [-0.2, -0.15) is 0 Å². The van der Waals surface area contributed by atoms with Crippen LogP contribution in [-0.4, -0.2) is 12.0 Å². The van der Waals surface area contributed by atoms with Gasteiger partial charge < -0.3 is 4.74 Å². The molecular formula is C23H30OS. The molecule has 0 unspecified atom stereocenters. The van der Waals surface area contributed by atoms with E-state index in [2.05, 4.69) is 65.8 Å². The zero-order chi connectivity index (χ0) is 18.7. The van der Waals surface area contributed by atoms with E-state index in [0.29, 0.717) is 17.8 Å². The van der Waals surface area contributed by atoms with E-state index >= 15 is 0 Å². The van der Waals surface area contributed by atoms with Gasteiger partial charge in [0.2, 0.25) is 0 Å². The number of thiocarbonyl (C=S) groups is 1. The number of benzene rings is 2. The third kappa shape index (κ3) is 4.30. The maximum absolute atomic E-state index is 5.95. The van der Waals surface area contributed by atoms with Gasteiger partial charge in [0.15, 0.2) is 0 Å². The van der Waals surface area contributed by atoms with Crippen molar-refractivity contribution in [3.8, 4) is 5.75 Å². The monoisotopic (exact) mass is 354 g/mol. The van der Waals surface area contributed by atoms with Crippen molar-refractivity contribution in [2.24, 2.45) is 0 Å². The smallest absolute Gasteiger partial charge is 0.118 e. The lowest BCUT2D eigenvalue weighted by molar-refractivity contribution is 0.415. The summed E-state index contributed by atoms with van der Waals surface area (Å²) in [7, 11) is 1.69. The molecule has 2 aromatic carbocycles. The van der Waals surface area contributed by atoms with Gasteiger partial charge in [0.1, 0.15) is 5.75 Å². The lowest BCUT2D eigenvalue weighted by Crippen LogP contribution is -2.12. The van der Waals surface area contributed by atoms with Crippen LogP contribution < -0.4 is 4.74 Å². The Morgan fingerprint density at radius 1 is 0.800 bits per heavy atom. The van der Waals surface area contributed by atoms with Crippen molar-refractivity contribution in [3.63, 3.8) is 0 Å². The van der Waals surface area contributed by atoms with Gasteiger partial charge in [-0.15, -0.1) is 0 Å². The average Bonchev–Trinajstić information content (AvgIpc) is 2.59. The topological polar surface area (TPSA) is 9.23 Å². The highest BCUT2D eigenvalue weighted by molar-refractivity contribution is 7.81. The molecule has 0 fully saturated rings. The highest BCUT2D eigenvalue weighted by Crippen LogP contribution is 2.34. The molecule has 1 nitrogen and oxygen atoms in total. The molecule has 0 amide bonds. The highest BCUT2D eigenvalue weighted by atomic mass is 32.1. The SMILES string of the molecule is COc1ccc(C(=S)c2c(C(C)C)cc(C(C)C)cc2C(C)C)cc1. The van der Waals surface area contributed by atoms with Crippen molar-refractivity contribution in [2.75, 3.05) is 7.11 Å². The Hall–Kier alpha value is -1.67. The van der Waals surface area contributed by atoms with Crippen LogP contribution in [0.4, 0.5) is 0 Å². The number of methoxy groups -OCH3 is 1. The third-order valence-corrected chi connectivity index (χ3v) is 5.15. The maximum atomic E-state index is 5.95. The summed E-state index contributed by atoms with van der Waals surface area (Å²) in [5.41, 5.74) is 6.44. The molecule has 0 saturated heterocycles. The number of hydrogen-bond donors (Lipinski definition) is 0. The van der Waals surface area contributed by atoms with Crippen molar-refractivity contribution in [1.29, 1.82) is 0 Å². The molecule has 0 saturated carbocycles. The second kappa shape index (κ2) is 8.14. The summed E-state index contributed by atoms with van der Waals surface area (Å²) in [6, 6.07) is 12.8. The minimum atomic E-state index is 0.433. The van der Waals surface area contributed by atoms with Gasteiger partial charge >= 0.3 is 0 Å². The Balaban J connectivity index is 2.65. The van der Waals surface area contributed by atoms with Crippen molar-refractivity contribution < 1.29 is 4.74 Å². The highest BCUT2D eigenvalue weighted by Gasteiger charge is 2.20. The van der Waals surface area contributed by atoms with E-state index in [-0.39, 0.29) is 0 Å². The van der Waals surface area contributed by atoms with E-state index in [1.54, 1.807) is 7.11 Å². The molecule has 0 heterocycles. The van der Waals surface area contributed by atoms with E-state index < -0.39 is 0 Å². The fourth-order valence-corrected chi connectivity index (χ4v) is 3.48. The van der Waals surface area contributed by atoms with Crippen LogP contribution in [0.15, 0.2) is 36.4 Å². The fraction of sp³-hybridized carbons (Fsp3) is 0.435. The molecule has 2 rings (SSSR count). The Bertz CT molecular complexity index is 710. The van der Waals surface area contributed by atoms with Crippen LogP contribution in [-0.2, 0) is 0 Å². The summed E-state index contributed by atoms with van der Waals surface area (Å²) in [5.74, 6) is 2.23. The van der Waals surface area contributed by atoms with Gasteiger partial charge in [0.25, 0.3) is 0 Å². The molecule has 0 aliphatic rings. The first-order valence-electron chi connectivity index (χ1n) is 9.12. The molecule has 0 atom stereocenters. The van der Waals surface area contributed by atoms with Crippen LogP contribution >= 0.6 is 12.2 Å². The van der Waals surface area contributed by atoms with Crippen molar-refractivity contribution in [3.05, 3.63) is 64.2 Å². The van der Waals surface area contributed by atoms with Gasteiger partial charge in [0.05, 0.1) is 12.0 Å². The second-order valence-corrected chi connectivity index (χ2v) is 8.00. The van der Waals surface area contributed by atoms with Crippen LogP contribution in [0.5, 0.6) is 5.75 Å². The number of hydrogen-bond acceptors (Lipinski definition) is 2. The summed E-state index contributed by atoms with van der Waals surface area (Å²) in [6.07, 6.45) is 0. The molecule has 0 aromatic heterocycles. The van der Waals surface area contributed by atoms with Gasteiger partial charge in [-0.1, -0.05) is 65.9 Å². The molecule has 0 spiro atoms. The van der Waals surface area contributed by atoms with Crippen LogP contribution in [0.1, 0.15) is 87.1 Å². The lowest BCUT2D eigenvalue weighted by atomic mass is 9.82. The van der Waals surface area contributed by atoms with Gasteiger partial charge in [-0.25, -0.2) is 0 Å². The number of rotatable bonds is 6. The summed E-state index contributed by atoms with van der Waals surface area (Å²) in [4.78, 5) is 0.936. The first-order chi connectivity index (χ1) is 11.8. The fourth-order valence-electron chi connectivity index (χ4n) is 3.10. The molecule has 2 aromatic rings. The zero-order valence-electron chi connectivity index (χ0n) is 16.5. The normalized spacial score (nSPS) is 11.4. The van der Waals surface area contributed by atoms with E-state index in [1.165, 1.54) is 22.3 Å². The molecule has 25 heavy (non-hydrogen) atoms. The summed E-state index contributed by atoms with van der Waals surface area (Å²) in [5, 5.41) is 0. The first-order valence-corrected chi connectivity index (χ1v) is 9.53. The Morgan fingerprint density at radius 2 is 1.28 bits per heavy atom. The second-order valence-electron chi connectivity index (χ2n) is 7.60. The van der Waals surface area contributed by atoms with Crippen molar-refractivity contribution >= 4 is 17.1 Å². The van der Waals surface area contributed by atoms with Crippen LogP contribution in [0.3, 0.4) is 0 Å². The summed E-state index contributed by atoms with van der Waals surface area (Å²) in [6.45, 7) is 13.5. The largest absolute Gasteiger partial charge is 0.497 e. The molecule has 134 valence electrons. The van der Waals surface area contributed by atoms with Gasteiger partial charge in [-0.05, 0) is 64.3 Å². The van der Waals surface area contributed by atoms with Crippen molar-refractivity contribution in [1.82, 2.24) is 0 Å². The first kappa shape index (κ1) is 19.7. The van der Waals surface area contributed by atoms with Crippen LogP contribution in [0.2, 0.25) is 0 Å². The third-order valence-electron chi connectivity index (χ3n) is 4.71. The number of ether oxygens (including phenoxy) is 1. The van der Waals surface area contributed by atoms with E-state index in [0.717, 1.165) is 16.2 Å². The van der Waals surface area contributed by atoms with Crippen LogP contribution in [0.25, 0.3) is 0 Å². The Kier molecular flexibility index (Phi) is 6.40. The zero-order valence-corrected chi connectivity index (χ0v) is 17.3. The standard InChI is InChI=1S/C23H30OS/c1-14(2)18-12-20(15(3)4)22(21(13-18)16(5)6)23(25)17-8-10-19(24-7)11-9-17/h8-16H,1-7H3. The Labute approximate surface area is 158 Å². The molecule has 0 aliphatic carbocycles. The molecular weight excluding hydrogens is 324 g/mol. The Morgan fingerprint density at radius 3 is 1.64 bits per heavy atom. The van der Waals surface area contributed by atoms with Gasteiger partial charge in [0, 0.05) is 5.56 Å². The molecule has 2 heteroatoms. The lowest BCUT2D eigenvalue weighted by Gasteiger charge is -2.23. The minimum Gasteiger partial charge on any atom is -0.497 e. The summed E-state index contributed by atoms with van der Waals surface area (Å²) >= 11 is 5.95. The van der Waals surface area contributed by atoms with Crippen molar-refractivity contribution in [2.45, 2.75) is 59.3 Å². The van der Waals surface area contributed by atoms with Crippen LogP contribution in [0, 0.1) is 0 Å². The summed E-state index contributed by atoms with van der Waals surface area (Å²) < 4.78 is 5.28. The minimum absolute atomic E-state index is 0.433. The van der Waals surface area contributed by atoms with E-state index in [9.17, 15) is 0 Å².